The molecule has 102 valence electrons. The van der Waals surface area contributed by atoms with Gasteiger partial charge in [0.25, 0.3) is 0 Å². The molecule has 2 heterocycles. The minimum Gasteiger partial charge on any atom is -0.467 e. The molecule has 0 bridgehead atoms. The standard InChI is InChI=1S/C13H22N2O3/c1-14-4-6-15(7-5-14)9-12(16)10-17-11-13-3-2-8-18-13/h2-3,8,12,16H,4-7,9-11H2,1H3. The number of hydrogen-bond donors (Lipinski definition) is 1. The van der Waals surface area contributed by atoms with Crippen molar-refractivity contribution >= 4 is 0 Å². The van der Waals surface area contributed by atoms with Crippen LogP contribution in [-0.4, -0.2) is 67.4 Å². The molecule has 1 fully saturated rings. The molecule has 1 unspecified atom stereocenters. The molecule has 1 atom stereocenters. The Kier molecular flexibility index (Phi) is 5.19. The highest BCUT2D eigenvalue weighted by molar-refractivity contribution is 4.96. The third-order valence-corrected chi connectivity index (χ3v) is 3.20. The molecule has 2 rings (SSSR count). The van der Waals surface area contributed by atoms with Crippen molar-refractivity contribution in [2.45, 2.75) is 12.7 Å². The summed E-state index contributed by atoms with van der Waals surface area (Å²) in [6.45, 7) is 5.64. The number of furan rings is 1. The molecule has 0 radical (unpaired) electrons. The van der Waals surface area contributed by atoms with E-state index in [2.05, 4.69) is 16.8 Å². The molecule has 0 aromatic carbocycles. The maximum absolute atomic E-state index is 9.89. The summed E-state index contributed by atoms with van der Waals surface area (Å²) in [5.74, 6) is 0.793. The summed E-state index contributed by atoms with van der Waals surface area (Å²) in [4.78, 5) is 4.58. The van der Waals surface area contributed by atoms with Crippen molar-refractivity contribution in [2.75, 3.05) is 46.4 Å². The van der Waals surface area contributed by atoms with Gasteiger partial charge < -0.3 is 19.2 Å². The lowest BCUT2D eigenvalue weighted by atomic mass is 10.3. The Hall–Kier alpha value is -0.880. The minimum atomic E-state index is -0.427. The van der Waals surface area contributed by atoms with E-state index in [0.717, 1.165) is 31.9 Å². The van der Waals surface area contributed by atoms with Gasteiger partial charge in [-0.3, -0.25) is 4.90 Å². The predicted octanol–water partition coefficient (Wildman–Crippen LogP) is 0.404. The molecule has 1 aromatic rings. The van der Waals surface area contributed by atoms with Crippen LogP contribution in [0.25, 0.3) is 0 Å². The molecular formula is C13H22N2O3. The maximum Gasteiger partial charge on any atom is 0.129 e. The van der Waals surface area contributed by atoms with Crippen molar-refractivity contribution in [1.82, 2.24) is 9.80 Å². The van der Waals surface area contributed by atoms with Crippen LogP contribution in [0.5, 0.6) is 0 Å². The topological polar surface area (TPSA) is 49.1 Å². The second-order valence-corrected chi connectivity index (χ2v) is 4.85. The Bertz CT molecular complexity index is 321. The zero-order valence-electron chi connectivity index (χ0n) is 10.9. The van der Waals surface area contributed by atoms with E-state index in [9.17, 15) is 5.11 Å². The van der Waals surface area contributed by atoms with Gasteiger partial charge >= 0.3 is 0 Å². The van der Waals surface area contributed by atoms with Crippen LogP contribution in [0.1, 0.15) is 5.76 Å². The van der Waals surface area contributed by atoms with Crippen molar-refractivity contribution < 1.29 is 14.3 Å². The maximum atomic E-state index is 9.89. The van der Waals surface area contributed by atoms with Crippen LogP contribution in [0.4, 0.5) is 0 Å². The lowest BCUT2D eigenvalue weighted by Crippen LogP contribution is -2.47. The van der Waals surface area contributed by atoms with Gasteiger partial charge in [-0.15, -0.1) is 0 Å². The first kappa shape index (κ1) is 13.5. The van der Waals surface area contributed by atoms with Crippen LogP contribution in [-0.2, 0) is 11.3 Å². The number of hydrogen-bond acceptors (Lipinski definition) is 5. The van der Waals surface area contributed by atoms with Crippen molar-refractivity contribution in [3.8, 4) is 0 Å². The third kappa shape index (κ3) is 4.42. The molecule has 5 heteroatoms. The molecular weight excluding hydrogens is 232 g/mol. The first-order valence-corrected chi connectivity index (χ1v) is 6.43. The number of piperazine rings is 1. The molecule has 1 saturated heterocycles. The van der Waals surface area contributed by atoms with E-state index in [1.807, 2.05) is 12.1 Å². The molecule has 1 aromatic heterocycles. The van der Waals surface area contributed by atoms with E-state index >= 15 is 0 Å². The summed E-state index contributed by atoms with van der Waals surface area (Å²) >= 11 is 0. The Morgan fingerprint density at radius 3 is 2.83 bits per heavy atom. The molecule has 1 aliphatic heterocycles. The molecule has 0 spiro atoms. The van der Waals surface area contributed by atoms with E-state index in [0.29, 0.717) is 19.8 Å². The van der Waals surface area contributed by atoms with Crippen LogP contribution in [0.2, 0.25) is 0 Å². The van der Waals surface area contributed by atoms with Crippen molar-refractivity contribution in [2.24, 2.45) is 0 Å². The van der Waals surface area contributed by atoms with Gasteiger partial charge in [-0.2, -0.15) is 0 Å². The first-order valence-electron chi connectivity index (χ1n) is 6.43. The third-order valence-electron chi connectivity index (χ3n) is 3.20. The molecule has 1 aliphatic rings. The highest BCUT2D eigenvalue weighted by Gasteiger charge is 2.16. The monoisotopic (exact) mass is 254 g/mol. The number of rotatable bonds is 6. The number of ether oxygens (including phenoxy) is 1. The van der Waals surface area contributed by atoms with Crippen molar-refractivity contribution in [1.29, 1.82) is 0 Å². The highest BCUT2D eigenvalue weighted by atomic mass is 16.5. The van der Waals surface area contributed by atoms with Gasteiger partial charge in [0.1, 0.15) is 12.4 Å². The Labute approximate surface area is 108 Å². The molecule has 0 aliphatic carbocycles. The van der Waals surface area contributed by atoms with Gasteiger partial charge in [0.05, 0.1) is 19.0 Å². The van der Waals surface area contributed by atoms with Gasteiger partial charge in [0.15, 0.2) is 0 Å². The van der Waals surface area contributed by atoms with Crippen LogP contribution in [0.15, 0.2) is 22.8 Å². The summed E-state index contributed by atoms with van der Waals surface area (Å²) in [7, 11) is 2.13. The van der Waals surface area contributed by atoms with Crippen molar-refractivity contribution in [3.05, 3.63) is 24.2 Å². The van der Waals surface area contributed by atoms with Gasteiger partial charge in [0, 0.05) is 32.7 Å². The summed E-state index contributed by atoms with van der Waals surface area (Å²) in [6, 6.07) is 3.70. The second kappa shape index (κ2) is 6.89. The Morgan fingerprint density at radius 1 is 1.39 bits per heavy atom. The lowest BCUT2D eigenvalue weighted by molar-refractivity contribution is -0.00120. The normalized spacial score (nSPS) is 20.1. The SMILES string of the molecule is CN1CCN(CC(O)COCc2ccco2)CC1. The molecule has 5 nitrogen and oxygen atoms in total. The number of β-amino-alcohol motifs (C(OH)–C–C–N with tert-alkyl or cyclic N) is 1. The zero-order chi connectivity index (χ0) is 12.8. The van der Waals surface area contributed by atoms with Gasteiger partial charge in [0.2, 0.25) is 0 Å². The van der Waals surface area contributed by atoms with E-state index in [4.69, 9.17) is 9.15 Å². The van der Waals surface area contributed by atoms with E-state index in [1.54, 1.807) is 6.26 Å². The fourth-order valence-corrected chi connectivity index (χ4v) is 2.07. The fourth-order valence-electron chi connectivity index (χ4n) is 2.07. The van der Waals surface area contributed by atoms with Crippen molar-refractivity contribution in [3.63, 3.8) is 0 Å². The smallest absolute Gasteiger partial charge is 0.129 e. The molecule has 0 saturated carbocycles. The highest BCUT2D eigenvalue weighted by Crippen LogP contribution is 2.04. The lowest BCUT2D eigenvalue weighted by Gasteiger charge is -2.33. The number of likely N-dealkylation sites (N-methyl/N-ethyl adjacent to an activating group) is 1. The summed E-state index contributed by atoms with van der Waals surface area (Å²) in [5.41, 5.74) is 0. The average Bonchev–Trinajstić information content (AvgIpc) is 2.85. The number of aliphatic hydroxyl groups excluding tert-OH is 1. The van der Waals surface area contributed by atoms with E-state index in [-0.39, 0.29) is 0 Å². The molecule has 0 amide bonds. The number of aliphatic hydroxyl groups is 1. The van der Waals surface area contributed by atoms with E-state index in [1.165, 1.54) is 0 Å². The van der Waals surface area contributed by atoms with Crippen LogP contribution < -0.4 is 0 Å². The van der Waals surface area contributed by atoms with Gasteiger partial charge in [-0.1, -0.05) is 0 Å². The second-order valence-electron chi connectivity index (χ2n) is 4.85. The Morgan fingerprint density at radius 2 is 2.17 bits per heavy atom. The molecule has 1 N–H and O–H groups in total. The summed E-state index contributed by atoms with van der Waals surface area (Å²) < 4.78 is 10.6. The van der Waals surface area contributed by atoms with Crippen LogP contribution >= 0.6 is 0 Å². The largest absolute Gasteiger partial charge is 0.467 e. The average molecular weight is 254 g/mol. The van der Waals surface area contributed by atoms with E-state index < -0.39 is 6.10 Å². The minimum absolute atomic E-state index is 0.354. The zero-order valence-corrected chi connectivity index (χ0v) is 10.9. The number of nitrogens with zero attached hydrogens (tertiary/aromatic N) is 2. The Balaban J connectivity index is 1.58. The molecule has 18 heavy (non-hydrogen) atoms. The predicted molar refractivity (Wildman–Crippen MR) is 68.3 cm³/mol. The van der Waals surface area contributed by atoms with Gasteiger partial charge in [-0.25, -0.2) is 0 Å². The van der Waals surface area contributed by atoms with Crippen LogP contribution in [0.3, 0.4) is 0 Å². The fraction of sp³-hybridized carbons (Fsp3) is 0.692. The quantitative estimate of drug-likeness (QED) is 0.796. The van der Waals surface area contributed by atoms with Crippen LogP contribution in [0, 0.1) is 0 Å². The van der Waals surface area contributed by atoms with Gasteiger partial charge in [-0.05, 0) is 19.2 Å². The summed E-state index contributed by atoms with van der Waals surface area (Å²) in [6.07, 6.45) is 1.20. The first-order chi connectivity index (χ1) is 8.74. The summed E-state index contributed by atoms with van der Waals surface area (Å²) in [5, 5.41) is 9.89.